The summed E-state index contributed by atoms with van der Waals surface area (Å²) in [6.07, 6.45) is 0. The molecular weight excluding hydrogens is 327 g/mol. The van der Waals surface area contributed by atoms with Crippen LogP contribution in [0.15, 0.2) is 22.7 Å². The van der Waals surface area contributed by atoms with Crippen molar-refractivity contribution < 1.29 is 18.8 Å². The third-order valence-corrected chi connectivity index (χ3v) is 3.31. The van der Waals surface area contributed by atoms with Crippen molar-refractivity contribution in [1.82, 2.24) is 20.8 Å². The molecule has 2 aromatic rings. The van der Waals surface area contributed by atoms with Crippen LogP contribution in [0.1, 0.15) is 30.2 Å². The molecule has 0 saturated heterocycles. The Hall–Kier alpha value is -2.19. The molecule has 124 valence electrons. The van der Waals surface area contributed by atoms with Gasteiger partial charge in [0.2, 0.25) is 5.89 Å². The van der Waals surface area contributed by atoms with Crippen molar-refractivity contribution in [3.05, 3.63) is 46.3 Å². The van der Waals surface area contributed by atoms with Crippen LogP contribution in [0.2, 0.25) is 5.02 Å². The number of nitrogens with zero attached hydrogens (tertiary/aromatic N) is 2. The monoisotopic (exact) mass is 342 g/mol. The molecule has 1 aromatic heterocycles. The summed E-state index contributed by atoms with van der Waals surface area (Å²) in [6.45, 7) is 3.02. The van der Waals surface area contributed by atoms with Crippen molar-refractivity contribution in [1.29, 1.82) is 0 Å². The number of aliphatic hydroxyl groups excluding tert-OH is 1. The van der Waals surface area contributed by atoms with Gasteiger partial charge in [0, 0.05) is 6.92 Å². The summed E-state index contributed by atoms with van der Waals surface area (Å²) in [6, 6.07) is 2.29. The quantitative estimate of drug-likeness (QED) is 0.771. The molecule has 0 aliphatic carbocycles. The minimum absolute atomic E-state index is 0.0323. The van der Waals surface area contributed by atoms with E-state index in [0.717, 1.165) is 0 Å². The highest BCUT2D eigenvalue weighted by molar-refractivity contribution is 6.30. The minimum Gasteiger partial charge on any atom is -0.394 e. The topological polar surface area (TPSA) is 100 Å². The number of rotatable bonds is 5. The summed E-state index contributed by atoms with van der Waals surface area (Å²) in [5, 5.41) is 17.9. The largest absolute Gasteiger partial charge is 0.394 e. The minimum atomic E-state index is -0.829. The van der Waals surface area contributed by atoms with Crippen LogP contribution in [-0.4, -0.2) is 33.9 Å². The predicted octanol–water partition coefficient (Wildman–Crippen LogP) is 1.94. The summed E-state index contributed by atoms with van der Waals surface area (Å²) >= 11 is 5.68. The number of urea groups is 1. The fraction of sp³-hybridized carbons (Fsp3) is 0.357. The van der Waals surface area contributed by atoms with Crippen LogP contribution in [0.5, 0.6) is 0 Å². The van der Waals surface area contributed by atoms with E-state index >= 15 is 0 Å². The first-order valence-corrected chi connectivity index (χ1v) is 7.21. The Bertz CT molecular complexity index is 694. The second-order valence-electron chi connectivity index (χ2n) is 4.98. The molecule has 0 spiro atoms. The van der Waals surface area contributed by atoms with Gasteiger partial charge < -0.3 is 20.3 Å². The van der Waals surface area contributed by atoms with Gasteiger partial charge in [-0.1, -0.05) is 22.8 Å². The Morgan fingerprint density at radius 3 is 2.78 bits per heavy atom. The average molecular weight is 343 g/mol. The molecule has 2 rings (SSSR count). The van der Waals surface area contributed by atoms with Crippen LogP contribution in [0, 0.1) is 12.7 Å². The van der Waals surface area contributed by atoms with Gasteiger partial charge in [0.25, 0.3) is 0 Å². The van der Waals surface area contributed by atoms with E-state index in [1.54, 1.807) is 19.9 Å². The molecular formula is C14H16ClFN4O3. The van der Waals surface area contributed by atoms with Gasteiger partial charge in [-0.3, -0.25) is 0 Å². The zero-order valence-corrected chi connectivity index (χ0v) is 13.3. The van der Waals surface area contributed by atoms with E-state index in [4.69, 9.17) is 21.2 Å². The first kappa shape index (κ1) is 17.2. The fourth-order valence-corrected chi connectivity index (χ4v) is 1.98. The molecule has 1 aromatic carbocycles. The molecule has 0 fully saturated rings. The van der Waals surface area contributed by atoms with E-state index in [1.165, 1.54) is 12.1 Å². The Labute approximate surface area is 136 Å². The van der Waals surface area contributed by atoms with E-state index in [9.17, 15) is 9.18 Å². The Kier molecular flexibility index (Phi) is 5.51. The molecule has 2 unspecified atom stereocenters. The van der Waals surface area contributed by atoms with Gasteiger partial charge in [0.1, 0.15) is 11.9 Å². The molecule has 7 nitrogen and oxygen atoms in total. The van der Waals surface area contributed by atoms with E-state index in [1.807, 2.05) is 0 Å². The molecule has 3 N–H and O–H groups in total. The maximum atomic E-state index is 13.7. The zero-order valence-electron chi connectivity index (χ0n) is 12.5. The summed E-state index contributed by atoms with van der Waals surface area (Å²) in [4.78, 5) is 16.1. The van der Waals surface area contributed by atoms with Crippen molar-refractivity contribution in [2.45, 2.75) is 25.9 Å². The van der Waals surface area contributed by atoms with Gasteiger partial charge >= 0.3 is 6.03 Å². The van der Waals surface area contributed by atoms with Gasteiger partial charge in [-0.15, -0.1) is 0 Å². The molecule has 9 heteroatoms. The lowest BCUT2D eigenvalue weighted by atomic mass is 10.1. The van der Waals surface area contributed by atoms with Gasteiger partial charge in [-0.2, -0.15) is 4.98 Å². The highest BCUT2D eigenvalue weighted by Crippen LogP contribution is 2.24. The summed E-state index contributed by atoms with van der Waals surface area (Å²) < 4.78 is 18.6. The number of hydrogen-bond donors (Lipinski definition) is 3. The van der Waals surface area contributed by atoms with E-state index in [2.05, 4.69) is 20.8 Å². The smallest absolute Gasteiger partial charge is 0.315 e. The Morgan fingerprint density at radius 1 is 1.48 bits per heavy atom. The maximum absolute atomic E-state index is 13.7. The number of carbonyl (C=O) groups excluding carboxylic acids is 1. The van der Waals surface area contributed by atoms with E-state index < -0.39 is 23.9 Å². The zero-order chi connectivity index (χ0) is 17.0. The van der Waals surface area contributed by atoms with Crippen molar-refractivity contribution in [2.75, 3.05) is 6.61 Å². The number of nitrogens with one attached hydrogen (secondary N) is 2. The van der Waals surface area contributed by atoms with Crippen LogP contribution < -0.4 is 10.6 Å². The molecule has 2 atom stereocenters. The highest BCUT2D eigenvalue weighted by atomic mass is 35.5. The van der Waals surface area contributed by atoms with Crippen LogP contribution in [-0.2, 0) is 0 Å². The molecule has 0 aliphatic heterocycles. The lowest BCUT2D eigenvalue weighted by Gasteiger charge is -2.18. The number of benzene rings is 1. The van der Waals surface area contributed by atoms with Crippen LogP contribution in [0.25, 0.3) is 0 Å². The van der Waals surface area contributed by atoms with Gasteiger partial charge in [0.05, 0.1) is 17.7 Å². The van der Waals surface area contributed by atoms with Crippen molar-refractivity contribution in [2.24, 2.45) is 0 Å². The van der Waals surface area contributed by atoms with Crippen molar-refractivity contribution in [3.8, 4) is 0 Å². The number of carbonyl (C=O) groups is 1. The van der Waals surface area contributed by atoms with Gasteiger partial charge in [-0.25, -0.2) is 9.18 Å². The van der Waals surface area contributed by atoms with Gasteiger partial charge in [0.15, 0.2) is 5.82 Å². The molecule has 0 saturated carbocycles. The van der Waals surface area contributed by atoms with Crippen molar-refractivity contribution in [3.63, 3.8) is 0 Å². The number of aryl methyl sites for hydroxylation is 1. The Balaban J connectivity index is 2.28. The van der Waals surface area contributed by atoms with E-state index in [0.29, 0.717) is 11.5 Å². The summed E-state index contributed by atoms with van der Waals surface area (Å²) in [5.41, 5.74) is 0.402. The molecule has 1 heterocycles. The number of aliphatic hydroxyl groups is 1. The first-order chi connectivity index (χ1) is 10.9. The van der Waals surface area contributed by atoms with E-state index in [-0.39, 0.29) is 17.5 Å². The second-order valence-corrected chi connectivity index (χ2v) is 5.39. The number of amides is 2. The molecule has 23 heavy (non-hydrogen) atoms. The Morgan fingerprint density at radius 2 is 2.22 bits per heavy atom. The molecule has 0 bridgehead atoms. The lowest BCUT2D eigenvalue weighted by molar-refractivity contribution is 0.218. The molecule has 0 aliphatic rings. The second kappa shape index (κ2) is 7.38. The first-order valence-electron chi connectivity index (χ1n) is 6.83. The van der Waals surface area contributed by atoms with Crippen molar-refractivity contribution >= 4 is 17.6 Å². The lowest BCUT2D eigenvalue weighted by Crippen LogP contribution is -2.44. The number of hydrogen-bond acceptors (Lipinski definition) is 5. The number of halogens is 2. The third-order valence-electron chi connectivity index (χ3n) is 3.01. The highest BCUT2D eigenvalue weighted by Gasteiger charge is 2.23. The maximum Gasteiger partial charge on any atom is 0.315 e. The SMILES string of the molecule is Cc1nc(C(NC(=O)NC(C)CO)c2ccc(Cl)c(F)c2)no1. The third kappa shape index (κ3) is 4.40. The van der Waals surface area contributed by atoms with Gasteiger partial charge in [-0.05, 0) is 24.6 Å². The normalized spacial score (nSPS) is 13.4. The standard InChI is InChI=1S/C14H16ClFN4O3/c1-7(6-21)17-14(22)19-12(13-18-8(2)23-20-13)9-3-4-10(15)11(16)5-9/h3-5,7,12,21H,6H2,1-2H3,(H2,17,19,22). The number of aromatic nitrogens is 2. The predicted molar refractivity (Wildman–Crippen MR) is 80.5 cm³/mol. The summed E-state index contributed by atoms with van der Waals surface area (Å²) in [7, 11) is 0. The fourth-order valence-electron chi connectivity index (χ4n) is 1.86. The molecule has 0 radical (unpaired) electrons. The van der Waals surface area contributed by atoms with Crippen LogP contribution in [0.4, 0.5) is 9.18 Å². The van der Waals surface area contributed by atoms with Crippen LogP contribution in [0.3, 0.4) is 0 Å². The molecule has 2 amide bonds. The average Bonchev–Trinajstić information content (AvgIpc) is 2.94. The summed E-state index contributed by atoms with van der Waals surface area (Å²) in [5.74, 6) is -0.137. The van der Waals surface area contributed by atoms with Crippen LogP contribution >= 0.6 is 11.6 Å².